The molecule has 0 aliphatic carbocycles. The molecule has 0 aromatic heterocycles. The molecule has 2 rings (SSSR count). The molecule has 1 aliphatic heterocycles. The van der Waals surface area contributed by atoms with Gasteiger partial charge in [-0.1, -0.05) is 35.5 Å². The minimum Gasteiger partial charge on any atom is -0.378 e. The van der Waals surface area contributed by atoms with Crippen molar-refractivity contribution in [3.63, 3.8) is 0 Å². The number of morpholine rings is 1. The molecule has 0 unspecified atom stereocenters. The van der Waals surface area contributed by atoms with Crippen molar-refractivity contribution >= 4 is 11.8 Å². The highest BCUT2D eigenvalue weighted by atomic mass is 16.7. The highest BCUT2D eigenvalue weighted by Gasteiger charge is 2.18. The summed E-state index contributed by atoms with van der Waals surface area (Å²) >= 11 is 0. The fourth-order valence-corrected chi connectivity index (χ4v) is 1.62. The van der Waals surface area contributed by atoms with E-state index in [2.05, 4.69) is 5.16 Å². The number of oxime groups is 1. The quantitative estimate of drug-likeness (QED) is 0.457. The van der Waals surface area contributed by atoms with E-state index in [1.165, 1.54) is 4.90 Å². The number of carbonyl (C=O) groups is 1. The molecule has 1 fully saturated rings. The van der Waals surface area contributed by atoms with Crippen LogP contribution in [0.2, 0.25) is 0 Å². The lowest BCUT2D eigenvalue weighted by atomic mass is 10.1. The monoisotopic (exact) mass is 259 g/mol. The maximum Gasteiger partial charge on any atom is 0.436 e. The van der Waals surface area contributed by atoms with Crippen LogP contribution in [0.1, 0.15) is 5.56 Å². The van der Waals surface area contributed by atoms with Crippen molar-refractivity contribution in [1.82, 2.24) is 4.90 Å². The molecule has 98 valence electrons. The Bertz CT molecular complexity index is 502. The maximum absolute atomic E-state index is 11.7. The molecule has 1 aromatic rings. The van der Waals surface area contributed by atoms with E-state index < -0.39 is 6.09 Å². The molecule has 0 radical (unpaired) electrons. The molecule has 19 heavy (non-hydrogen) atoms. The summed E-state index contributed by atoms with van der Waals surface area (Å²) in [7, 11) is 0. The van der Waals surface area contributed by atoms with Crippen LogP contribution in [-0.2, 0) is 9.57 Å². The largest absolute Gasteiger partial charge is 0.436 e. The fourth-order valence-electron chi connectivity index (χ4n) is 1.62. The van der Waals surface area contributed by atoms with Gasteiger partial charge in [0, 0.05) is 18.7 Å². The number of benzene rings is 1. The van der Waals surface area contributed by atoms with Crippen LogP contribution in [0.5, 0.6) is 0 Å². The van der Waals surface area contributed by atoms with Gasteiger partial charge in [0.05, 0.1) is 13.2 Å². The van der Waals surface area contributed by atoms with Crippen molar-refractivity contribution in [1.29, 1.82) is 5.26 Å². The number of carbonyl (C=O) groups excluding carboxylic acids is 1. The zero-order valence-electron chi connectivity index (χ0n) is 10.3. The van der Waals surface area contributed by atoms with Gasteiger partial charge >= 0.3 is 6.09 Å². The van der Waals surface area contributed by atoms with Crippen molar-refractivity contribution in [3.8, 4) is 6.07 Å². The summed E-state index contributed by atoms with van der Waals surface area (Å²) in [5.74, 6) is 0. The van der Waals surface area contributed by atoms with Gasteiger partial charge in [0.2, 0.25) is 0 Å². The first-order valence-corrected chi connectivity index (χ1v) is 5.88. The first-order valence-electron chi connectivity index (χ1n) is 5.88. The topological polar surface area (TPSA) is 74.9 Å². The van der Waals surface area contributed by atoms with Gasteiger partial charge in [-0.3, -0.25) is 4.84 Å². The summed E-state index contributed by atoms with van der Waals surface area (Å²) in [5.41, 5.74) is 0.682. The van der Waals surface area contributed by atoms with Crippen LogP contribution in [0.4, 0.5) is 4.79 Å². The summed E-state index contributed by atoms with van der Waals surface area (Å²) in [6.45, 7) is 1.92. The number of rotatable bonds is 2. The summed E-state index contributed by atoms with van der Waals surface area (Å²) < 4.78 is 5.13. The van der Waals surface area contributed by atoms with E-state index in [0.717, 1.165) is 0 Å². The summed E-state index contributed by atoms with van der Waals surface area (Å²) in [4.78, 5) is 18.0. The fraction of sp³-hybridized carbons (Fsp3) is 0.308. The van der Waals surface area contributed by atoms with E-state index in [4.69, 9.17) is 14.8 Å². The lowest BCUT2D eigenvalue weighted by Gasteiger charge is -2.24. The molecule has 0 spiro atoms. The predicted octanol–water partition coefficient (Wildman–Crippen LogP) is 1.38. The van der Waals surface area contributed by atoms with Crippen LogP contribution in [0.3, 0.4) is 0 Å². The van der Waals surface area contributed by atoms with Crippen molar-refractivity contribution in [3.05, 3.63) is 35.9 Å². The third kappa shape index (κ3) is 3.53. The van der Waals surface area contributed by atoms with Gasteiger partial charge in [-0.15, -0.1) is 0 Å². The van der Waals surface area contributed by atoms with Crippen LogP contribution in [0.15, 0.2) is 35.5 Å². The van der Waals surface area contributed by atoms with Gasteiger partial charge in [0.1, 0.15) is 6.07 Å². The van der Waals surface area contributed by atoms with Crippen molar-refractivity contribution in [2.75, 3.05) is 26.3 Å². The Morgan fingerprint density at radius 2 is 2.00 bits per heavy atom. The molecular weight excluding hydrogens is 246 g/mol. The second-order valence-corrected chi connectivity index (χ2v) is 3.87. The van der Waals surface area contributed by atoms with E-state index in [-0.39, 0.29) is 5.71 Å². The van der Waals surface area contributed by atoms with Crippen LogP contribution < -0.4 is 0 Å². The standard InChI is InChI=1S/C13H13N3O3/c14-10-12(11-4-2-1-3-5-11)15-19-13(17)16-6-8-18-9-7-16/h1-5H,6-9H2/b15-12+. The van der Waals surface area contributed by atoms with Gasteiger partial charge in [-0.05, 0) is 0 Å². The number of nitriles is 1. The minimum atomic E-state index is -0.563. The Morgan fingerprint density at radius 1 is 1.32 bits per heavy atom. The predicted molar refractivity (Wildman–Crippen MR) is 67.5 cm³/mol. The molecule has 1 aromatic carbocycles. The lowest BCUT2D eigenvalue weighted by molar-refractivity contribution is 0.0280. The van der Waals surface area contributed by atoms with E-state index in [1.807, 2.05) is 12.1 Å². The number of ether oxygens (including phenoxy) is 1. The molecule has 1 saturated heterocycles. The molecular formula is C13H13N3O3. The first-order chi connectivity index (χ1) is 9.31. The van der Waals surface area contributed by atoms with Crippen LogP contribution in [0.25, 0.3) is 0 Å². The van der Waals surface area contributed by atoms with E-state index in [9.17, 15) is 4.79 Å². The van der Waals surface area contributed by atoms with Gasteiger partial charge in [-0.25, -0.2) is 4.79 Å². The highest BCUT2D eigenvalue weighted by molar-refractivity contribution is 6.11. The maximum atomic E-state index is 11.7. The molecule has 0 saturated carbocycles. The second kappa shape index (κ2) is 6.52. The third-order valence-corrected chi connectivity index (χ3v) is 2.64. The molecule has 6 heteroatoms. The number of hydrogen-bond acceptors (Lipinski definition) is 5. The van der Waals surface area contributed by atoms with Gasteiger partial charge in [0.25, 0.3) is 0 Å². The summed E-state index contributed by atoms with van der Waals surface area (Å²) in [5, 5.41) is 12.6. The van der Waals surface area contributed by atoms with Crippen molar-refractivity contribution in [2.45, 2.75) is 0 Å². The Balaban J connectivity index is 2.00. The molecule has 0 atom stereocenters. The molecule has 6 nitrogen and oxygen atoms in total. The normalized spacial score (nSPS) is 15.7. The van der Waals surface area contributed by atoms with Crippen molar-refractivity contribution < 1.29 is 14.4 Å². The van der Waals surface area contributed by atoms with Gasteiger partial charge in [-0.2, -0.15) is 5.26 Å². The second-order valence-electron chi connectivity index (χ2n) is 3.87. The Hall–Kier alpha value is -2.39. The third-order valence-electron chi connectivity index (χ3n) is 2.64. The van der Waals surface area contributed by atoms with Crippen LogP contribution in [-0.4, -0.2) is 43.0 Å². The number of hydrogen-bond donors (Lipinski definition) is 0. The summed E-state index contributed by atoms with van der Waals surface area (Å²) in [6, 6.07) is 10.8. The van der Waals surface area contributed by atoms with Crippen molar-refractivity contribution in [2.24, 2.45) is 5.16 Å². The average molecular weight is 259 g/mol. The Morgan fingerprint density at radius 3 is 2.63 bits per heavy atom. The van der Waals surface area contributed by atoms with E-state index >= 15 is 0 Å². The molecule has 0 bridgehead atoms. The molecule has 1 amide bonds. The first kappa shape index (κ1) is 13.1. The highest BCUT2D eigenvalue weighted by Crippen LogP contribution is 2.04. The minimum absolute atomic E-state index is 0.0715. The Labute approximate surface area is 110 Å². The molecule has 1 heterocycles. The van der Waals surface area contributed by atoms with Crippen LogP contribution >= 0.6 is 0 Å². The zero-order chi connectivity index (χ0) is 13.5. The van der Waals surface area contributed by atoms with E-state index in [0.29, 0.717) is 31.9 Å². The van der Waals surface area contributed by atoms with E-state index in [1.54, 1.807) is 24.3 Å². The Kier molecular flexibility index (Phi) is 4.48. The molecule has 0 N–H and O–H groups in total. The lowest BCUT2D eigenvalue weighted by Crippen LogP contribution is -2.40. The zero-order valence-corrected chi connectivity index (χ0v) is 10.3. The smallest absolute Gasteiger partial charge is 0.378 e. The van der Waals surface area contributed by atoms with Gasteiger partial charge < -0.3 is 9.64 Å². The summed E-state index contributed by atoms with van der Waals surface area (Å²) in [6.07, 6.45) is -0.563. The SMILES string of the molecule is N#C/C(=N\OC(=O)N1CCOCC1)c1ccccc1. The number of nitrogens with zero attached hydrogens (tertiary/aromatic N) is 3. The average Bonchev–Trinajstić information content (AvgIpc) is 2.49. The van der Waals surface area contributed by atoms with Gasteiger partial charge in [0.15, 0.2) is 5.71 Å². The number of amides is 1. The molecule has 1 aliphatic rings. The van der Waals surface area contributed by atoms with Crippen LogP contribution in [0, 0.1) is 11.3 Å².